The van der Waals surface area contributed by atoms with Crippen LogP contribution >= 0.6 is 47.6 Å². The topological polar surface area (TPSA) is 0 Å². The molecule has 0 amide bonds. The summed E-state index contributed by atoms with van der Waals surface area (Å²) in [7, 11) is 0. The van der Waals surface area contributed by atoms with Gasteiger partial charge in [-0.05, 0) is 18.2 Å². The molecule has 0 saturated heterocycles. The summed E-state index contributed by atoms with van der Waals surface area (Å²) in [6.45, 7) is 0. The highest BCUT2D eigenvalue weighted by Gasteiger charge is 2.00. The van der Waals surface area contributed by atoms with Gasteiger partial charge in [0, 0.05) is 21.4 Å². The fourth-order valence-electron chi connectivity index (χ4n) is 0.868. The average Bonchev–Trinajstić information content (AvgIpc) is 2.18. The van der Waals surface area contributed by atoms with Crippen molar-refractivity contribution in [1.29, 1.82) is 0 Å². The molecule has 0 unspecified atom stereocenters. The van der Waals surface area contributed by atoms with Gasteiger partial charge in [-0.1, -0.05) is 35.4 Å². The molecule has 0 aliphatic rings. The van der Waals surface area contributed by atoms with E-state index in [9.17, 15) is 0 Å². The molecule has 0 radical (unpaired) electrons. The molecule has 0 aliphatic heterocycles. The summed E-state index contributed by atoms with van der Waals surface area (Å²) in [5.74, 6) is 1.66. The Labute approximate surface area is 104 Å². The second kappa shape index (κ2) is 6.67. The minimum atomic E-state index is 0.718. The summed E-state index contributed by atoms with van der Waals surface area (Å²) in [6, 6.07) is 5.48. The van der Waals surface area contributed by atoms with Crippen molar-refractivity contribution in [1.82, 2.24) is 0 Å². The minimum Gasteiger partial charge on any atom is -0.175 e. The third-order valence-electron chi connectivity index (χ3n) is 1.50. The van der Waals surface area contributed by atoms with E-state index in [-0.39, 0.29) is 0 Å². The zero-order chi connectivity index (χ0) is 10.4. The number of thiol groups is 1. The van der Waals surface area contributed by atoms with Crippen LogP contribution in [0, 0.1) is 0 Å². The molecule has 0 saturated carbocycles. The van der Waals surface area contributed by atoms with Crippen molar-refractivity contribution in [2.24, 2.45) is 0 Å². The Kier molecular flexibility index (Phi) is 5.87. The van der Waals surface area contributed by atoms with Crippen molar-refractivity contribution in [3.05, 3.63) is 40.4 Å². The summed E-state index contributed by atoms with van der Waals surface area (Å²) in [6.07, 6.45) is 4.07. The standard InChI is InChI=1S/C10H10Cl2S2/c11-8-3-4-9(12)10(7-8)14-6-2-1-5-13/h1-4,7,13H,5-6H2. The van der Waals surface area contributed by atoms with Crippen molar-refractivity contribution in [3.63, 3.8) is 0 Å². The fraction of sp³-hybridized carbons (Fsp3) is 0.200. The van der Waals surface area contributed by atoms with Crippen LogP contribution in [0.15, 0.2) is 35.2 Å². The Morgan fingerprint density at radius 3 is 2.79 bits per heavy atom. The second-order valence-corrected chi connectivity index (χ2v) is 4.81. The van der Waals surface area contributed by atoms with E-state index in [0.29, 0.717) is 0 Å². The van der Waals surface area contributed by atoms with E-state index < -0.39 is 0 Å². The predicted molar refractivity (Wildman–Crippen MR) is 70.2 cm³/mol. The Bertz CT molecular complexity index is 324. The van der Waals surface area contributed by atoms with Gasteiger partial charge in [0.15, 0.2) is 0 Å². The third-order valence-corrected chi connectivity index (χ3v) is 3.40. The van der Waals surface area contributed by atoms with Crippen molar-refractivity contribution < 1.29 is 0 Å². The molecule has 4 heteroatoms. The van der Waals surface area contributed by atoms with Gasteiger partial charge in [-0.3, -0.25) is 0 Å². The zero-order valence-electron chi connectivity index (χ0n) is 7.41. The monoisotopic (exact) mass is 264 g/mol. The highest BCUT2D eigenvalue weighted by atomic mass is 35.5. The molecule has 1 aromatic carbocycles. The second-order valence-electron chi connectivity index (χ2n) is 2.54. The number of halogens is 2. The van der Waals surface area contributed by atoms with Crippen LogP contribution in [0.1, 0.15) is 0 Å². The number of benzene rings is 1. The van der Waals surface area contributed by atoms with Crippen LogP contribution in [0.5, 0.6) is 0 Å². The summed E-state index contributed by atoms with van der Waals surface area (Å²) < 4.78 is 0. The average molecular weight is 265 g/mol. The normalized spacial score (nSPS) is 11.1. The third kappa shape index (κ3) is 4.18. The first kappa shape index (κ1) is 12.3. The molecule has 1 aromatic rings. The molecular formula is C10H10Cl2S2. The van der Waals surface area contributed by atoms with Gasteiger partial charge in [0.25, 0.3) is 0 Å². The molecule has 0 atom stereocenters. The molecular weight excluding hydrogens is 255 g/mol. The quantitative estimate of drug-likeness (QED) is 0.472. The maximum absolute atomic E-state index is 5.99. The zero-order valence-corrected chi connectivity index (χ0v) is 10.6. The molecule has 0 aliphatic carbocycles. The first-order valence-corrected chi connectivity index (χ1v) is 6.45. The molecule has 0 fully saturated rings. The van der Waals surface area contributed by atoms with E-state index in [1.54, 1.807) is 17.8 Å². The molecule has 14 heavy (non-hydrogen) atoms. The van der Waals surface area contributed by atoms with Crippen molar-refractivity contribution in [3.8, 4) is 0 Å². The van der Waals surface area contributed by atoms with Gasteiger partial charge in [-0.2, -0.15) is 12.6 Å². The molecule has 0 bridgehead atoms. The van der Waals surface area contributed by atoms with Gasteiger partial charge in [0.1, 0.15) is 0 Å². The predicted octanol–water partition coefficient (Wildman–Crippen LogP) is 4.57. The Hall–Kier alpha value is 0.240. The maximum atomic E-state index is 5.99. The molecule has 0 nitrogen and oxygen atoms in total. The lowest BCUT2D eigenvalue weighted by molar-refractivity contribution is 1.46. The van der Waals surface area contributed by atoms with Crippen molar-refractivity contribution in [2.75, 3.05) is 11.5 Å². The van der Waals surface area contributed by atoms with Gasteiger partial charge in [0.05, 0.1) is 5.02 Å². The molecule has 0 spiro atoms. The lowest BCUT2D eigenvalue weighted by atomic mass is 10.4. The maximum Gasteiger partial charge on any atom is 0.0543 e. The lowest BCUT2D eigenvalue weighted by Crippen LogP contribution is -1.77. The number of thioether (sulfide) groups is 1. The Balaban J connectivity index is 2.57. The van der Waals surface area contributed by atoms with Crippen LogP contribution in [0.3, 0.4) is 0 Å². The van der Waals surface area contributed by atoms with Gasteiger partial charge < -0.3 is 0 Å². The smallest absolute Gasteiger partial charge is 0.0543 e. The number of rotatable bonds is 4. The first-order valence-electron chi connectivity index (χ1n) is 4.07. The highest BCUT2D eigenvalue weighted by molar-refractivity contribution is 7.99. The van der Waals surface area contributed by atoms with Gasteiger partial charge in [-0.25, -0.2) is 0 Å². The summed E-state index contributed by atoms with van der Waals surface area (Å²) in [5, 5.41) is 1.47. The molecule has 0 heterocycles. The summed E-state index contributed by atoms with van der Waals surface area (Å²) in [5.41, 5.74) is 0. The fourth-order valence-corrected chi connectivity index (χ4v) is 2.36. The summed E-state index contributed by atoms with van der Waals surface area (Å²) >= 11 is 17.6. The molecule has 0 aromatic heterocycles. The number of hydrogen-bond acceptors (Lipinski definition) is 2. The van der Waals surface area contributed by atoms with Crippen LogP contribution in [0.2, 0.25) is 10.0 Å². The Morgan fingerprint density at radius 2 is 2.07 bits per heavy atom. The van der Waals surface area contributed by atoms with E-state index in [1.807, 2.05) is 18.2 Å². The molecule has 0 N–H and O–H groups in total. The van der Waals surface area contributed by atoms with Crippen molar-refractivity contribution >= 4 is 47.6 Å². The Morgan fingerprint density at radius 1 is 1.29 bits per heavy atom. The molecule has 76 valence electrons. The van der Waals surface area contributed by atoms with Gasteiger partial charge >= 0.3 is 0 Å². The largest absolute Gasteiger partial charge is 0.175 e. The van der Waals surface area contributed by atoms with E-state index in [2.05, 4.69) is 18.7 Å². The van der Waals surface area contributed by atoms with Crippen molar-refractivity contribution in [2.45, 2.75) is 4.90 Å². The van der Waals surface area contributed by atoms with E-state index in [1.165, 1.54) is 0 Å². The van der Waals surface area contributed by atoms with Crippen LogP contribution in [-0.4, -0.2) is 11.5 Å². The van der Waals surface area contributed by atoms with E-state index in [0.717, 1.165) is 26.4 Å². The molecule has 1 rings (SSSR count). The van der Waals surface area contributed by atoms with Gasteiger partial charge in [0.2, 0.25) is 0 Å². The first-order chi connectivity index (χ1) is 6.74. The van der Waals surface area contributed by atoms with Crippen LogP contribution in [0.4, 0.5) is 0 Å². The number of hydrogen-bond donors (Lipinski definition) is 1. The van der Waals surface area contributed by atoms with Crippen LogP contribution in [0.25, 0.3) is 0 Å². The SMILES string of the molecule is SCC=CCSc1cc(Cl)ccc1Cl. The van der Waals surface area contributed by atoms with E-state index in [4.69, 9.17) is 23.2 Å². The van der Waals surface area contributed by atoms with E-state index >= 15 is 0 Å². The lowest BCUT2D eigenvalue weighted by Gasteiger charge is -2.01. The minimum absolute atomic E-state index is 0.718. The highest BCUT2D eigenvalue weighted by Crippen LogP contribution is 2.29. The summed E-state index contributed by atoms with van der Waals surface area (Å²) in [4.78, 5) is 1.02. The van der Waals surface area contributed by atoms with Crippen LogP contribution < -0.4 is 0 Å². The van der Waals surface area contributed by atoms with Crippen LogP contribution in [-0.2, 0) is 0 Å². The van der Waals surface area contributed by atoms with Gasteiger partial charge in [-0.15, -0.1) is 11.8 Å².